The van der Waals surface area contributed by atoms with E-state index in [1.807, 2.05) is 14.2 Å². The number of methoxy groups -OCH3 is 1. The monoisotopic (exact) mass is 256 g/mol. The van der Waals surface area contributed by atoms with Gasteiger partial charge in [0.1, 0.15) is 0 Å². The maximum absolute atomic E-state index is 9.58. The standard InChI is InChI=1S/C14H28N2O2/c1-11-8-13(18-3)5-7-16(11)12-4-6-14(9-12,10-17)15-2/h11-13,15,17H,4-10H2,1-3H3. The van der Waals surface area contributed by atoms with Crippen molar-refractivity contribution in [1.29, 1.82) is 0 Å². The highest BCUT2D eigenvalue weighted by molar-refractivity contribution is 5.00. The molecule has 106 valence electrons. The molecule has 4 nitrogen and oxygen atoms in total. The van der Waals surface area contributed by atoms with Gasteiger partial charge in [-0.1, -0.05) is 0 Å². The van der Waals surface area contributed by atoms with Gasteiger partial charge in [-0.25, -0.2) is 0 Å². The summed E-state index contributed by atoms with van der Waals surface area (Å²) in [7, 11) is 3.79. The molecule has 4 heteroatoms. The molecular formula is C14H28N2O2. The van der Waals surface area contributed by atoms with Crippen molar-refractivity contribution in [3.63, 3.8) is 0 Å². The fraction of sp³-hybridized carbons (Fsp3) is 1.00. The maximum atomic E-state index is 9.58. The second-order valence-electron chi connectivity index (χ2n) is 6.05. The van der Waals surface area contributed by atoms with Crippen LogP contribution in [0.4, 0.5) is 0 Å². The lowest BCUT2D eigenvalue weighted by Gasteiger charge is -2.41. The van der Waals surface area contributed by atoms with Gasteiger partial charge < -0.3 is 15.2 Å². The first kappa shape index (κ1) is 14.3. The largest absolute Gasteiger partial charge is 0.394 e. The Morgan fingerprint density at radius 2 is 2.22 bits per heavy atom. The number of likely N-dealkylation sites (N-methyl/N-ethyl adjacent to an activating group) is 1. The Kier molecular flexibility index (Phi) is 4.64. The molecule has 1 heterocycles. The van der Waals surface area contributed by atoms with E-state index in [1.54, 1.807) is 0 Å². The molecule has 2 aliphatic rings. The van der Waals surface area contributed by atoms with Crippen LogP contribution in [0.25, 0.3) is 0 Å². The van der Waals surface area contributed by atoms with Gasteiger partial charge >= 0.3 is 0 Å². The molecule has 1 saturated carbocycles. The fourth-order valence-electron chi connectivity index (χ4n) is 3.73. The summed E-state index contributed by atoms with van der Waals surface area (Å²) in [6, 6.07) is 1.22. The van der Waals surface area contributed by atoms with E-state index in [1.165, 1.54) is 6.42 Å². The number of aliphatic hydroxyl groups is 1. The minimum atomic E-state index is -0.0392. The molecule has 1 saturated heterocycles. The fourth-order valence-corrected chi connectivity index (χ4v) is 3.73. The van der Waals surface area contributed by atoms with Crippen molar-refractivity contribution in [3.8, 4) is 0 Å². The van der Waals surface area contributed by atoms with E-state index < -0.39 is 0 Å². The Morgan fingerprint density at radius 3 is 2.72 bits per heavy atom. The van der Waals surface area contributed by atoms with Gasteiger partial charge in [-0.3, -0.25) is 4.90 Å². The van der Waals surface area contributed by atoms with Gasteiger partial charge in [-0.05, 0) is 46.1 Å². The van der Waals surface area contributed by atoms with Crippen LogP contribution in [0.15, 0.2) is 0 Å². The third kappa shape index (κ3) is 2.72. The number of rotatable bonds is 4. The van der Waals surface area contributed by atoms with Crippen molar-refractivity contribution in [1.82, 2.24) is 10.2 Å². The van der Waals surface area contributed by atoms with E-state index in [2.05, 4.69) is 17.1 Å². The second-order valence-corrected chi connectivity index (χ2v) is 6.05. The number of ether oxygens (including phenoxy) is 1. The van der Waals surface area contributed by atoms with E-state index >= 15 is 0 Å². The van der Waals surface area contributed by atoms with Gasteiger partial charge in [0.15, 0.2) is 0 Å². The molecule has 2 rings (SSSR count). The number of hydrogen-bond acceptors (Lipinski definition) is 4. The lowest BCUT2D eigenvalue weighted by Crippen LogP contribution is -2.50. The normalized spacial score (nSPS) is 42.3. The quantitative estimate of drug-likeness (QED) is 0.787. The van der Waals surface area contributed by atoms with Gasteiger partial charge in [-0.2, -0.15) is 0 Å². The first-order valence-corrected chi connectivity index (χ1v) is 7.22. The molecule has 18 heavy (non-hydrogen) atoms. The Hall–Kier alpha value is -0.160. The highest BCUT2D eigenvalue weighted by Crippen LogP contribution is 2.35. The van der Waals surface area contributed by atoms with Crippen LogP contribution in [0.2, 0.25) is 0 Å². The Labute approximate surface area is 111 Å². The van der Waals surface area contributed by atoms with Crippen LogP contribution in [0.3, 0.4) is 0 Å². The van der Waals surface area contributed by atoms with Crippen molar-refractivity contribution < 1.29 is 9.84 Å². The molecular weight excluding hydrogens is 228 g/mol. The highest BCUT2D eigenvalue weighted by Gasteiger charge is 2.42. The summed E-state index contributed by atoms with van der Waals surface area (Å²) in [4.78, 5) is 2.63. The van der Waals surface area contributed by atoms with Gasteiger partial charge in [0.2, 0.25) is 0 Å². The van der Waals surface area contributed by atoms with E-state index in [9.17, 15) is 5.11 Å². The molecule has 0 spiro atoms. The topological polar surface area (TPSA) is 44.7 Å². The van der Waals surface area contributed by atoms with Crippen LogP contribution in [0, 0.1) is 0 Å². The zero-order valence-corrected chi connectivity index (χ0v) is 12.0. The van der Waals surface area contributed by atoms with Crippen LogP contribution in [0.5, 0.6) is 0 Å². The molecule has 0 aromatic carbocycles. The van der Waals surface area contributed by atoms with Crippen LogP contribution in [-0.4, -0.2) is 61.0 Å². The Balaban J connectivity index is 1.93. The summed E-state index contributed by atoms with van der Waals surface area (Å²) in [6.45, 7) is 3.70. The maximum Gasteiger partial charge on any atom is 0.0613 e. The predicted molar refractivity (Wildman–Crippen MR) is 72.7 cm³/mol. The Morgan fingerprint density at radius 1 is 1.44 bits per heavy atom. The molecule has 0 aromatic rings. The van der Waals surface area contributed by atoms with Crippen LogP contribution < -0.4 is 5.32 Å². The molecule has 0 aromatic heterocycles. The summed E-state index contributed by atoms with van der Waals surface area (Å²) in [5.41, 5.74) is -0.0392. The average Bonchev–Trinajstić information content (AvgIpc) is 2.83. The molecule has 2 N–H and O–H groups in total. The molecule has 1 aliphatic carbocycles. The molecule has 1 aliphatic heterocycles. The third-order valence-corrected chi connectivity index (χ3v) is 5.10. The van der Waals surface area contributed by atoms with E-state index in [0.29, 0.717) is 18.2 Å². The molecule has 0 amide bonds. The second kappa shape index (κ2) is 5.87. The predicted octanol–water partition coefficient (Wildman–Crippen LogP) is 0.989. The number of hydrogen-bond donors (Lipinski definition) is 2. The smallest absolute Gasteiger partial charge is 0.0613 e. The first-order chi connectivity index (χ1) is 8.64. The van der Waals surface area contributed by atoms with Crippen molar-refractivity contribution in [2.45, 2.75) is 62.8 Å². The van der Waals surface area contributed by atoms with Crippen molar-refractivity contribution >= 4 is 0 Å². The van der Waals surface area contributed by atoms with Crippen LogP contribution >= 0.6 is 0 Å². The molecule has 0 bridgehead atoms. The van der Waals surface area contributed by atoms with Crippen molar-refractivity contribution in [2.24, 2.45) is 0 Å². The zero-order chi connectivity index (χ0) is 13.2. The summed E-state index contributed by atoms with van der Waals surface area (Å²) in [5.74, 6) is 0. The summed E-state index contributed by atoms with van der Waals surface area (Å²) in [5, 5.41) is 12.9. The number of aliphatic hydroxyl groups excluding tert-OH is 1. The number of nitrogens with one attached hydrogen (secondary N) is 1. The first-order valence-electron chi connectivity index (χ1n) is 7.22. The molecule has 2 fully saturated rings. The SMILES string of the molecule is CNC1(CO)CCC(N2CCC(OC)CC2C)C1. The van der Waals surface area contributed by atoms with E-state index in [-0.39, 0.29) is 12.1 Å². The highest BCUT2D eigenvalue weighted by atomic mass is 16.5. The number of piperidine rings is 1. The van der Waals surface area contributed by atoms with Gasteiger partial charge in [0.25, 0.3) is 0 Å². The summed E-state index contributed by atoms with van der Waals surface area (Å²) >= 11 is 0. The zero-order valence-electron chi connectivity index (χ0n) is 12.0. The van der Waals surface area contributed by atoms with E-state index in [0.717, 1.165) is 32.2 Å². The number of likely N-dealkylation sites (tertiary alicyclic amines) is 1. The van der Waals surface area contributed by atoms with Crippen LogP contribution in [-0.2, 0) is 4.74 Å². The molecule has 4 unspecified atom stereocenters. The average molecular weight is 256 g/mol. The van der Waals surface area contributed by atoms with Crippen molar-refractivity contribution in [3.05, 3.63) is 0 Å². The lowest BCUT2D eigenvalue weighted by molar-refractivity contribution is -0.00218. The lowest BCUT2D eigenvalue weighted by atomic mass is 9.95. The Bertz CT molecular complexity index is 269. The molecule has 4 atom stereocenters. The minimum absolute atomic E-state index is 0.0392. The van der Waals surface area contributed by atoms with Crippen LogP contribution in [0.1, 0.15) is 39.0 Å². The van der Waals surface area contributed by atoms with E-state index in [4.69, 9.17) is 4.74 Å². The number of nitrogens with zero attached hydrogens (tertiary/aromatic N) is 1. The van der Waals surface area contributed by atoms with Crippen molar-refractivity contribution in [2.75, 3.05) is 27.3 Å². The minimum Gasteiger partial charge on any atom is -0.394 e. The van der Waals surface area contributed by atoms with Gasteiger partial charge in [-0.15, -0.1) is 0 Å². The van der Waals surface area contributed by atoms with Gasteiger partial charge in [0.05, 0.1) is 12.7 Å². The summed E-state index contributed by atoms with van der Waals surface area (Å²) < 4.78 is 5.48. The van der Waals surface area contributed by atoms with Gasteiger partial charge in [0, 0.05) is 31.3 Å². The third-order valence-electron chi connectivity index (χ3n) is 5.10. The molecule has 0 radical (unpaired) electrons. The summed E-state index contributed by atoms with van der Waals surface area (Å²) in [6.07, 6.45) is 6.07.